The molecule has 0 bridgehead atoms. The van der Waals surface area contributed by atoms with E-state index >= 15 is 0 Å². The maximum atomic E-state index is 13.1. The van der Waals surface area contributed by atoms with Crippen LogP contribution in [0.4, 0.5) is 0 Å². The molecule has 0 radical (unpaired) electrons. The summed E-state index contributed by atoms with van der Waals surface area (Å²) in [4.78, 5) is 72.9. The Bertz CT molecular complexity index is 1870. The molecule has 3 N–H and O–H groups in total. The van der Waals surface area contributed by atoms with Crippen LogP contribution >= 0.6 is 15.6 Å². The lowest BCUT2D eigenvalue weighted by atomic mass is 10.0. The minimum absolute atomic E-state index is 0.107. The highest BCUT2D eigenvalue weighted by Crippen LogP contribution is 2.45. The molecule has 2 unspecified atom stereocenters. The summed E-state index contributed by atoms with van der Waals surface area (Å²) in [6.45, 7) is 7.26. The summed E-state index contributed by atoms with van der Waals surface area (Å²) in [6.07, 6.45) is 62.5. The first-order valence-electron chi connectivity index (χ1n) is 41.1. The minimum Gasteiger partial charge on any atom is -0.462 e. The fourth-order valence-electron chi connectivity index (χ4n) is 12.2. The lowest BCUT2D eigenvalue weighted by molar-refractivity contribution is -0.161. The third-order valence-corrected chi connectivity index (χ3v) is 20.4. The van der Waals surface area contributed by atoms with Gasteiger partial charge < -0.3 is 33.8 Å². The molecule has 98 heavy (non-hydrogen) atoms. The van der Waals surface area contributed by atoms with E-state index in [1.807, 2.05) is 0 Å². The van der Waals surface area contributed by atoms with Crippen LogP contribution in [-0.4, -0.2) is 96.7 Å². The molecule has 0 aliphatic rings. The summed E-state index contributed by atoms with van der Waals surface area (Å²) < 4.78 is 68.6. The molecule has 582 valence electrons. The number of rotatable bonds is 79. The fraction of sp³-hybridized carbons (Fsp3) is 0.949. The Labute approximate surface area is 600 Å². The predicted molar refractivity (Wildman–Crippen MR) is 400 cm³/mol. The van der Waals surface area contributed by atoms with Crippen LogP contribution in [0.3, 0.4) is 0 Å². The van der Waals surface area contributed by atoms with E-state index in [1.54, 1.807) is 0 Å². The largest absolute Gasteiger partial charge is 0.472 e. The fourth-order valence-corrected chi connectivity index (χ4v) is 13.8. The van der Waals surface area contributed by atoms with Gasteiger partial charge in [0, 0.05) is 25.7 Å². The van der Waals surface area contributed by atoms with Crippen LogP contribution in [0, 0.1) is 5.92 Å². The number of unbranched alkanes of at least 4 members (excludes halogenated alkanes) is 51. The molecular weight excluding hydrogens is 1280 g/mol. The van der Waals surface area contributed by atoms with Gasteiger partial charge in [-0.25, -0.2) is 9.13 Å². The van der Waals surface area contributed by atoms with Gasteiger partial charge in [-0.2, -0.15) is 0 Å². The molecule has 0 fully saturated rings. The molecule has 19 heteroatoms. The van der Waals surface area contributed by atoms with Crippen molar-refractivity contribution in [2.24, 2.45) is 5.92 Å². The van der Waals surface area contributed by atoms with E-state index in [9.17, 15) is 43.2 Å². The molecule has 0 saturated carbocycles. The van der Waals surface area contributed by atoms with Gasteiger partial charge in [-0.05, 0) is 31.6 Å². The summed E-state index contributed by atoms with van der Waals surface area (Å²) in [5.41, 5.74) is 0. The summed E-state index contributed by atoms with van der Waals surface area (Å²) in [5.74, 6) is -1.40. The molecule has 0 spiro atoms. The second-order valence-electron chi connectivity index (χ2n) is 28.9. The van der Waals surface area contributed by atoms with Crippen molar-refractivity contribution in [2.75, 3.05) is 39.6 Å². The number of phosphoric acid groups is 2. The first kappa shape index (κ1) is 96.1. The van der Waals surface area contributed by atoms with Gasteiger partial charge in [0.1, 0.15) is 19.3 Å². The molecule has 0 aromatic carbocycles. The van der Waals surface area contributed by atoms with Crippen molar-refractivity contribution < 1.29 is 80.2 Å². The van der Waals surface area contributed by atoms with Crippen molar-refractivity contribution in [2.45, 2.75) is 438 Å². The average molecular weight is 1440 g/mol. The highest BCUT2D eigenvalue weighted by atomic mass is 31.2. The Morgan fingerprint density at radius 1 is 0.276 bits per heavy atom. The SMILES string of the molecule is CCCCCCCCCCCCCCCCCCCCCCC(=O)O[C@H](COC(=O)CCCCCCCCCCCCCCCCCC)COP(=O)(O)OC[C@@H](O)COP(=O)(O)OC[C@@H](COC(=O)CCCCCCCCCC(C)C)OC(=O)CCCCCCCCCCCCCC. The lowest BCUT2D eigenvalue weighted by Gasteiger charge is -2.21. The van der Waals surface area contributed by atoms with Gasteiger partial charge in [0.15, 0.2) is 12.2 Å². The van der Waals surface area contributed by atoms with Crippen LogP contribution < -0.4 is 0 Å². The van der Waals surface area contributed by atoms with E-state index in [-0.39, 0.29) is 25.7 Å². The lowest BCUT2D eigenvalue weighted by Crippen LogP contribution is -2.30. The van der Waals surface area contributed by atoms with E-state index < -0.39 is 97.5 Å². The Morgan fingerprint density at radius 2 is 0.469 bits per heavy atom. The second-order valence-corrected chi connectivity index (χ2v) is 31.8. The predicted octanol–water partition coefficient (Wildman–Crippen LogP) is 23.6. The smallest absolute Gasteiger partial charge is 0.462 e. The molecule has 0 aromatic heterocycles. The number of hydrogen-bond donors (Lipinski definition) is 3. The standard InChI is InChI=1S/C79H154O17P2/c1-6-9-12-15-18-21-24-27-29-31-32-33-34-36-38-41-44-49-55-60-65-79(84)95-74(68-89-76(81)62-57-52-47-42-40-37-35-30-28-25-22-19-16-13-10-7-2)70-93-97(85,86)91-66-73(80)67-92-98(87,88)94-71-75(69-90-77(82)63-58-53-50-45-46-51-56-61-72(4)5)96-78(83)64-59-54-48-43-39-26-23-20-17-14-11-8-3/h72-75,80H,6-71H2,1-5H3,(H,85,86)(H,87,88)/t73-,74-,75-/m1/s1. The van der Waals surface area contributed by atoms with Gasteiger partial charge in [0.2, 0.25) is 0 Å². The number of aliphatic hydroxyl groups excluding tert-OH is 1. The van der Waals surface area contributed by atoms with Gasteiger partial charge in [-0.1, -0.05) is 369 Å². The minimum atomic E-state index is -4.96. The summed E-state index contributed by atoms with van der Waals surface area (Å²) >= 11 is 0. The van der Waals surface area contributed by atoms with Crippen molar-refractivity contribution in [1.29, 1.82) is 0 Å². The molecule has 0 aromatic rings. The molecular formula is C79H154O17P2. The normalized spacial score (nSPS) is 13.9. The van der Waals surface area contributed by atoms with Gasteiger partial charge in [0.25, 0.3) is 0 Å². The number of phosphoric ester groups is 2. The zero-order chi connectivity index (χ0) is 71.9. The third-order valence-electron chi connectivity index (χ3n) is 18.5. The van der Waals surface area contributed by atoms with E-state index in [4.69, 9.17) is 37.0 Å². The van der Waals surface area contributed by atoms with Crippen LogP contribution in [-0.2, 0) is 65.4 Å². The van der Waals surface area contributed by atoms with Gasteiger partial charge in [-0.15, -0.1) is 0 Å². The Balaban J connectivity index is 5.22. The summed E-state index contributed by atoms with van der Waals surface area (Å²) in [5, 5.41) is 10.6. The maximum Gasteiger partial charge on any atom is 0.472 e. The first-order chi connectivity index (χ1) is 47.5. The van der Waals surface area contributed by atoms with E-state index in [0.717, 1.165) is 96.3 Å². The summed E-state index contributed by atoms with van der Waals surface area (Å²) in [6, 6.07) is 0. The van der Waals surface area contributed by atoms with Gasteiger partial charge in [0.05, 0.1) is 26.4 Å². The number of hydrogen-bond acceptors (Lipinski definition) is 15. The number of carbonyl (C=O) groups excluding carboxylic acids is 4. The maximum absolute atomic E-state index is 13.1. The number of carbonyl (C=O) groups is 4. The van der Waals surface area contributed by atoms with Crippen LogP contribution in [0.2, 0.25) is 0 Å². The van der Waals surface area contributed by atoms with Crippen LogP contribution in [0.5, 0.6) is 0 Å². The number of aliphatic hydroxyl groups is 1. The first-order valence-corrected chi connectivity index (χ1v) is 44.1. The van der Waals surface area contributed by atoms with Crippen molar-refractivity contribution >= 4 is 39.5 Å². The van der Waals surface area contributed by atoms with Crippen LogP contribution in [0.25, 0.3) is 0 Å². The van der Waals surface area contributed by atoms with Gasteiger partial charge >= 0.3 is 39.5 Å². The van der Waals surface area contributed by atoms with Crippen molar-refractivity contribution in [1.82, 2.24) is 0 Å². The van der Waals surface area contributed by atoms with Crippen molar-refractivity contribution in [3.63, 3.8) is 0 Å². The zero-order valence-corrected chi connectivity index (χ0v) is 65.7. The molecule has 0 aliphatic heterocycles. The topological polar surface area (TPSA) is 237 Å². The molecule has 0 rings (SSSR count). The molecule has 0 heterocycles. The molecule has 0 amide bonds. The van der Waals surface area contributed by atoms with Crippen molar-refractivity contribution in [3.8, 4) is 0 Å². The Kier molecular flexibility index (Phi) is 70.6. The second kappa shape index (κ2) is 72.0. The van der Waals surface area contributed by atoms with Crippen molar-refractivity contribution in [3.05, 3.63) is 0 Å². The number of ether oxygens (including phenoxy) is 4. The Hall–Kier alpha value is -1.94. The highest BCUT2D eigenvalue weighted by molar-refractivity contribution is 7.47. The molecule has 17 nitrogen and oxygen atoms in total. The zero-order valence-electron chi connectivity index (χ0n) is 63.9. The van der Waals surface area contributed by atoms with E-state index in [0.29, 0.717) is 31.6 Å². The molecule has 0 aliphatic carbocycles. The van der Waals surface area contributed by atoms with Gasteiger partial charge in [-0.3, -0.25) is 37.3 Å². The van der Waals surface area contributed by atoms with E-state index in [1.165, 1.54) is 238 Å². The average Bonchev–Trinajstić information content (AvgIpc) is 1.06. The monoisotopic (exact) mass is 1440 g/mol. The van der Waals surface area contributed by atoms with Crippen LogP contribution in [0.15, 0.2) is 0 Å². The summed E-state index contributed by atoms with van der Waals surface area (Å²) in [7, 11) is -9.91. The Morgan fingerprint density at radius 3 is 0.694 bits per heavy atom. The van der Waals surface area contributed by atoms with E-state index in [2.05, 4.69) is 34.6 Å². The molecule has 5 atom stereocenters. The third kappa shape index (κ3) is 72.4. The molecule has 0 saturated heterocycles. The van der Waals surface area contributed by atoms with Crippen LogP contribution in [0.1, 0.15) is 420 Å². The highest BCUT2D eigenvalue weighted by Gasteiger charge is 2.30. The number of esters is 4. The quantitative estimate of drug-likeness (QED) is 0.0222.